The highest BCUT2D eigenvalue weighted by Gasteiger charge is 2.23. The third-order valence-corrected chi connectivity index (χ3v) is 2.56. The van der Waals surface area contributed by atoms with E-state index in [1.54, 1.807) is 4.68 Å². The van der Waals surface area contributed by atoms with Gasteiger partial charge in [0.15, 0.2) is 0 Å². The van der Waals surface area contributed by atoms with Crippen molar-refractivity contribution in [2.45, 2.75) is 19.3 Å². The summed E-state index contributed by atoms with van der Waals surface area (Å²) in [6.45, 7) is 3.41. The van der Waals surface area contributed by atoms with E-state index in [-0.39, 0.29) is 5.91 Å². The normalized spacial score (nSPS) is 15.0. The summed E-state index contributed by atoms with van der Waals surface area (Å²) in [5, 5.41) is 7.06. The van der Waals surface area contributed by atoms with Crippen LogP contribution in [-0.4, -0.2) is 15.7 Å². The Hall–Kier alpha value is -1.58. The molecule has 0 bridgehead atoms. The van der Waals surface area contributed by atoms with Gasteiger partial charge in [-0.2, -0.15) is 5.10 Å². The molecule has 1 aliphatic carbocycles. The van der Waals surface area contributed by atoms with Crippen LogP contribution in [-0.2, 0) is 18.3 Å². The number of anilines is 1. The van der Waals surface area contributed by atoms with Crippen LogP contribution in [0.25, 0.3) is 0 Å². The van der Waals surface area contributed by atoms with Gasteiger partial charge in [-0.25, -0.2) is 0 Å². The molecule has 15 heavy (non-hydrogen) atoms. The lowest BCUT2D eigenvalue weighted by Gasteiger charge is -1.99. The van der Waals surface area contributed by atoms with Gasteiger partial charge in [0.05, 0.1) is 5.69 Å². The molecule has 1 amide bonds. The molecule has 1 aromatic heterocycles. The Kier molecular flexibility index (Phi) is 2.58. The second-order valence-electron chi connectivity index (χ2n) is 3.99. The van der Waals surface area contributed by atoms with Crippen LogP contribution in [0.1, 0.15) is 18.5 Å². The van der Waals surface area contributed by atoms with Crippen molar-refractivity contribution in [1.29, 1.82) is 0 Å². The van der Waals surface area contributed by atoms with Gasteiger partial charge in [-0.1, -0.05) is 6.58 Å². The topological polar surface area (TPSA) is 46.9 Å². The Morgan fingerprint density at radius 1 is 1.80 bits per heavy atom. The fourth-order valence-electron chi connectivity index (χ4n) is 1.54. The van der Waals surface area contributed by atoms with E-state index in [1.807, 2.05) is 13.1 Å². The maximum atomic E-state index is 11.1. The molecule has 1 saturated carbocycles. The van der Waals surface area contributed by atoms with Crippen molar-refractivity contribution in [3.63, 3.8) is 0 Å². The molecule has 1 aromatic rings. The molecule has 0 saturated heterocycles. The highest BCUT2D eigenvalue weighted by molar-refractivity contribution is 5.98. The summed E-state index contributed by atoms with van der Waals surface area (Å²) in [4.78, 5) is 11.1. The zero-order valence-electron chi connectivity index (χ0n) is 8.86. The van der Waals surface area contributed by atoms with E-state index in [4.69, 9.17) is 0 Å². The number of aryl methyl sites for hydroxylation is 1. The summed E-state index contributed by atoms with van der Waals surface area (Å²) in [5.74, 6) is 1.34. The van der Waals surface area contributed by atoms with Crippen molar-refractivity contribution in [2.24, 2.45) is 13.0 Å². The van der Waals surface area contributed by atoms with Crippen molar-refractivity contribution in [3.05, 3.63) is 24.4 Å². The fourth-order valence-corrected chi connectivity index (χ4v) is 1.54. The summed E-state index contributed by atoms with van der Waals surface area (Å²) in [6, 6.07) is 1.93. The molecule has 1 N–H and O–H groups in total. The molecule has 0 spiro atoms. The van der Waals surface area contributed by atoms with Crippen LogP contribution in [0.4, 0.5) is 5.82 Å². The van der Waals surface area contributed by atoms with E-state index in [2.05, 4.69) is 17.0 Å². The van der Waals surface area contributed by atoms with Crippen LogP contribution < -0.4 is 5.32 Å². The zero-order chi connectivity index (χ0) is 10.8. The average molecular weight is 205 g/mol. The molecule has 1 heterocycles. The Labute approximate surface area is 89.0 Å². The second-order valence-corrected chi connectivity index (χ2v) is 3.99. The quantitative estimate of drug-likeness (QED) is 0.757. The highest BCUT2D eigenvalue weighted by atomic mass is 16.1. The van der Waals surface area contributed by atoms with Gasteiger partial charge >= 0.3 is 0 Å². The Bertz CT molecular complexity index is 391. The molecule has 80 valence electrons. The lowest BCUT2D eigenvalue weighted by atomic mass is 10.2. The van der Waals surface area contributed by atoms with Crippen molar-refractivity contribution in [3.8, 4) is 0 Å². The highest BCUT2D eigenvalue weighted by Crippen LogP contribution is 2.32. The Morgan fingerprint density at radius 2 is 2.53 bits per heavy atom. The lowest BCUT2D eigenvalue weighted by molar-refractivity contribution is -0.111. The molecule has 0 aromatic carbocycles. The van der Waals surface area contributed by atoms with Gasteiger partial charge in [-0.3, -0.25) is 9.48 Å². The van der Waals surface area contributed by atoms with E-state index in [0.717, 1.165) is 23.9 Å². The largest absolute Gasteiger partial charge is 0.307 e. The van der Waals surface area contributed by atoms with Crippen LogP contribution in [0.3, 0.4) is 0 Å². The first-order chi connectivity index (χ1) is 7.19. The van der Waals surface area contributed by atoms with E-state index >= 15 is 0 Å². The van der Waals surface area contributed by atoms with Gasteiger partial charge in [-0.05, 0) is 31.3 Å². The predicted octanol–water partition coefficient (Wildman–Crippen LogP) is 1.50. The summed E-state index contributed by atoms with van der Waals surface area (Å²) in [6.07, 6.45) is 4.90. The first-order valence-corrected chi connectivity index (χ1v) is 5.15. The number of nitrogens with zero attached hydrogens (tertiary/aromatic N) is 2. The van der Waals surface area contributed by atoms with Crippen molar-refractivity contribution < 1.29 is 4.79 Å². The summed E-state index contributed by atoms with van der Waals surface area (Å²) >= 11 is 0. The number of rotatable bonds is 4. The monoisotopic (exact) mass is 205 g/mol. The van der Waals surface area contributed by atoms with Crippen LogP contribution in [0.15, 0.2) is 18.7 Å². The summed E-state index contributed by atoms with van der Waals surface area (Å²) in [7, 11) is 1.83. The van der Waals surface area contributed by atoms with Gasteiger partial charge in [-0.15, -0.1) is 0 Å². The van der Waals surface area contributed by atoms with E-state index in [0.29, 0.717) is 0 Å². The summed E-state index contributed by atoms with van der Waals surface area (Å²) < 4.78 is 1.69. The fraction of sp³-hybridized carbons (Fsp3) is 0.455. The third-order valence-electron chi connectivity index (χ3n) is 2.56. The van der Waals surface area contributed by atoms with Crippen molar-refractivity contribution in [2.75, 3.05) is 5.32 Å². The van der Waals surface area contributed by atoms with Gasteiger partial charge in [0.2, 0.25) is 5.91 Å². The number of amides is 1. The van der Waals surface area contributed by atoms with E-state index in [9.17, 15) is 4.79 Å². The molecule has 4 heteroatoms. The van der Waals surface area contributed by atoms with Gasteiger partial charge in [0, 0.05) is 13.1 Å². The SMILES string of the molecule is C=CC(=O)Nc1cc(CC2CC2)nn1C. The second kappa shape index (κ2) is 3.88. The van der Waals surface area contributed by atoms with Crippen LogP contribution >= 0.6 is 0 Å². The van der Waals surface area contributed by atoms with Crippen molar-refractivity contribution >= 4 is 11.7 Å². The maximum absolute atomic E-state index is 11.1. The van der Waals surface area contributed by atoms with Gasteiger partial charge in [0.25, 0.3) is 0 Å². The number of nitrogens with one attached hydrogen (secondary N) is 1. The molecule has 0 atom stereocenters. The van der Waals surface area contributed by atoms with Crippen LogP contribution in [0.2, 0.25) is 0 Å². The number of aromatic nitrogens is 2. The molecular formula is C11H15N3O. The summed E-state index contributed by atoms with van der Waals surface area (Å²) in [5.41, 5.74) is 1.05. The smallest absolute Gasteiger partial charge is 0.248 e. The van der Waals surface area contributed by atoms with Gasteiger partial charge in [0.1, 0.15) is 5.82 Å². The predicted molar refractivity (Wildman–Crippen MR) is 58.5 cm³/mol. The Balaban J connectivity index is 2.06. The number of carbonyl (C=O) groups excluding carboxylic acids is 1. The molecule has 4 nitrogen and oxygen atoms in total. The molecular weight excluding hydrogens is 190 g/mol. The van der Waals surface area contributed by atoms with Crippen molar-refractivity contribution in [1.82, 2.24) is 9.78 Å². The molecule has 1 fully saturated rings. The zero-order valence-corrected chi connectivity index (χ0v) is 8.86. The minimum absolute atomic E-state index is 0.198. The standard InChI is InChI=1S/C11H15N3O/c1-3-11(15)12-10-7-9(13-14(10)2)6-8-4-5-8/h3,7-8H,1,4-6H2,2H3,(H,12,15). The van der Waals surface area contributed by atoms with E-state index < -0.39 is 0 Å². The van der Waals surface area contributed by atoms with Gasteiger partial charge < -0.3 is 5.32 Å². The first-order valence-electron chi connectivity index (χ1n) is 5.15. The molecule has 1 aliphatic rings. The molecule has 0 unspecified atom stereocenters. The number of hydrogen-bond acceptors (Lipinski definition) is 2. The Morgan fingerprint density at radius 3 is 3.13 bits per heavy atom. The minimum Gasteiger partial charge on any atom is -0.307 e. The third kappa shape index (κ3) is 2.46. The average Bonchev–Trinajstić information content (AvgIpc) is 2.93. The molecule has 2 rings (SSSR count). The minimum atomic E-state index is -0.198. The molecule has 0 aliphatic heterocycles. The van der Waals surface area contributed by atoms with Crippen LogP contribution in [0.5, 0.6) is 0 Å². The van der Waals surface area contributed by atoms with E-state index in [1.165, 1.54) is 18.9 Å². The number of carbonyl (C=O) groups is 1. The maximum Gasteiger partial charge on any atom is 0.248 e. The number of hydrogen-bond donors (Lipinski definition) is 1. The lowest BCUT2D eigenvalue weighted by Crippen LogP contribution is -2.10. The first kappa shape index (κ1) is 9.96. The molecule has 0 radical (unpaired) electrons. The van der Waals surface area contributed by atoms with Crippen LogP contribution in [0, 0.1) is 5.92 Å².